The summed E-state index contributed by atoms with van der Waals surface area (Å²) in [7, 11) is 0. The first-order chi connectivity index (χ1) is 15.9. The minimum atomic E-state index is -0.801. The third kappa shape index (κ3) is 4.95. The predicted molar refractivity (Wildman–Crippen MR) is 123 cm³/mol. The molecule has 1 aromatic rings. The van der Waals surface area contributed by atoms with Gasteiger partial charge >= 0.3 is 6.03 Å². The van der Waals surface area contributed by atoms with Crippen molar-refractivity contribution in [3.05, 3.63) is 40.8 Å². The molecule has 3 aliphatic rings. The van der Waals surface area contributed by atoms with E-state index in [-0.39, 0.29) is 49.0 Å². The van der Waals surface area contributed by atoms with E-state index < -0.39 is 11.6 Å². The van der Waals surface area contributed by atoms with E-state index in [0.29, 0.717) is 17.7 Å². The van der Waals surface area contributed by atoms with Crippen LogP contribution in [-0.2, 0) is 14.4 Å². The molecule has 2 heterocycles. The van der Waals surface area contributed by atoms with Crippen LogP contribution in [0.25, 0.3) is 6.08 Å². The van der Waals surface area contributed by atoms with Gasteiger partial charge in [0.1, 0.15) is 5.54 Å². The average molecular weight is 471 g/mol. The van der Waals surface area contributed by atoms with Crippen LogP contribution < -0.4 is 10.6 Å². The van der Waals surface area contributed by atoms with Crippen LogP contribution in [0.2, 0.25) is 0 Å². The van der Waals surface area contributed by atoms with Crippen LogP contribution in [0.4, 0.5) is 9.59 Å². The molecule has 33 heavy (non-hydrogen) atoms. The fourth-order valence-electron chi connectivity index (χ4n) is 4.38. The Morgan fingerprint density at radius 3 is 2.48 bits per heavy atom. The second-order valence-corrected chi connectivity index (χ2v) is 9.37. The zero-order valence-electron chi connectivity index (χ0n) is 18.2. The highest BCUT2D eigenvalue weighted by molar-refractivity contribution is 8.18. The van der Waals surface area contributed by atoms with Crippen LogP contribution >= 0.6 is 11.8 Å². The number of hydrogen-bond acceptors (Lipinski definition) is 6. The van der Waals surface area contributed by atoms with Crippen molar-refractivity contribution in [3.63, 3.8) is 0 Å². The maximum Gasteiger partial charge on any atom is 0.325 e. The van der Waals surface area contributed by atoms with Gasteiger partial charge in [-0.2, -0.15) is 0 Å². The van der Waals surface area contributed by atoms with Crippen molar-refractivity contribution in [3.8, 4) is 0 Å². The summed E-state index contributed by atoms with van der Waals surface area (Å²) in [5.74, 6) is -0.991. The van der Waals surface area contributed by atoms with Crippen molar-refractivity contribution in [2.24, 2.45) is 0 Å². The molecule has 174 valence electrons. The van der Waals surface area contributed by atoms with Gasteiger partial charge in [0, 0.05) is 26.1 Å². The summed E-state index contributed by atoms with van der Waals surface area (Å²) in [6.07, 6.45) is 5.75. The molecule has 9 nitrogen and oxygen atoms in total. The SMILES string of the molecule is O=C(CCN1C(=O)NC2(CCCCC2)C1=O)NCCN1C(=O)S/C(=C\c2ccccc2)C1=O. The number of amides is 6. The molecule has 0 atom stereocenters. The Balaban J connectivity index is 1.23. The molecule has 4 rings (SSSR count). The van der Waals surface area contributed by atoms with Crippen molar-refractivity contribution in [1.29, 1.82) is 0 Å². The number of carbonyl (C=O) groups excluding carboxylic acids is 5. The van der Waals surface area contributed by atoms with E-state index in [0.717, 1.165) is 46.4 Å². The van der Waals surface area contributed by atoms with Gasteiger partial charge in [0.25, 0.3) is 17.1 Å². The molecule has 2 N–H and O–H groups in total. The van der Waals surface area contributed by atoms with Crippen LogP contribution in [0, 0.1) is 0 Å². The van der Waals surface area contributed by atoms with Crippen LogP contribution in [0.15, 0.2) is 35.2 Å². The Labute approximate surface area is 195 Å². The Bertz CT molecular complexity index is 1000. The van der Waals surface area contributed by atoms with Crippen molar-refractivity contribution in [2.75, 3.05) is 19.6 Å². The first-order valence-corrected chi connectivity index (χ1v) is 11.9. The predicted octanol–water partition coefficient (Wildman–Crippen LogP) is 2.48. The van der Waals surface area contributed by atoms with Crippen LogP contribution in [0.1, 0.15) is 44.1 Å². The Morgan fingerprint density at radius 1 is 1.03 bits per heavy atom. The van der Waals surface area contributed by atoms with Crippen LogP contribution in [-0.4, -0.2) is 64.0 Å². The molecule has 2 aliphatic heterocycles. The third-order valence-electron chi connectivity index (χ3n) is 6.14. The standard InChI is InChI=1S/C23H26N4O5S/c28-18(9-13-27-20(30)23(25-21(27)31)10-5-2-6-11-23)24-12-14-26-19(29)17(33-22(26)32)15-16-7-3-1-4-8-16/h1,3-4,7-8,15H,2,5-6,9-14H2,(H,24,28)(H,25,31)/b17-15-. The van der Waals surface area contributed by atoms with E-state index in [2.05, 4.69) is 10.6 Å². The zero-order valence-corrected chi connectivity index (χ0v) is 19.0. The maximum atomic E-state index is 12.7. The summed E-state index contributed by atoms with van der Waals surface area (Å²) >= 11 is 0.871. The molecule has 1 spiro atoms. The minimum Gasteiger partial charge on any atom is -0.354 e. The fraction of sp³-hybridized carbons (Fsp3) is 0.435. The molecule has 0 unspecified atom stereocenters. The van der Waals surface area contributed by atoms with Gasteiger partial charge in [-0.05, 0) is 36.2 Å². The molecule has 0 radical (unpaired) electrons. The Morgan fingerprint density at radius 2 is 1.76 bits per heavy atom. The van der Waals surface area contributed by atoms with Gasteiger partial charge in [0.15, 0.2) is 0 Å². The molecule has 1 aromatic carbocycles. The highest BCUT2D eigenvalue weighted by Crippen LogP contribution is 2.34. The molecule has 0 bridgehead atoms. The molecular formula is C23H26N4O5S. The first kappa shape index (κ1) is 23.0. The van der Waals surface area contributed by atoms with Crippen molar-refractivity contribution >= 4 is 46.8 Å². The lowest BCUT2D eigenvalue weighted by Gasteiger charge is -2.30. The summed E-state index contributed by atoms with van der Waals surface area (Å²) in [6, 6.07) is 8.80. The minimum absolute atomic E-state index is 0.000358. The Kier molecular flexibility index (Phi) is 6.83. The highest BCUT2D eigenvalue weighted by atomic mass is 32.2. The summed E-state index contributed by atoms with van der Waals surface area (Å²) in [6.45, 7) is 0.147. The van der Waals surface area contributed by atoms with Crippen LogP contribution in [0.5, 0.6) is 0 Å². The van der Waals surface area contributed by atoms with Gasteiger partial charge in [-0.25, -0.2) is 4.79 Å². The van der Waals surface area contributed by atoms with Gasteiger partial charge in [-0.3, -0.25) is 29.0 Å². The van der Waals surface area contributed by atoms with Gasteiger partial charge in [0.2, 0.25) is 5.91 Å². The summed E-state index contributed by atoms with van der Waals surface area (Å²) in [4.78, 5) is 64.6. The summed E-state index contributed by atoms with van der Waals surface area (Å²) in [5.41, 5.74) is 0.0251. The molecule has 1 saturated carbocycles. The van der Waals surface area contributed by atoms with E-state index in [1.807, 2.05) is 30.3 Å². The molecular weight excluding hydrogens is 444 g/mol. The third-order valence-corrected chi connectivity index (χ3v) is 7.05. The number of nitrogens with zero attached hydrogens (tertiary/aromatic N) is 2. The quantitative estimate of drug-likeness (QED) is 0.467. The number of hydrogen-bond donors (Lipinski definition) is 2. The van der Waals surface area contributed by atoms with E-state index in [9.17, 15) is 24.0 Å². The van der Waals surface area contributed by atoms with Crippen LogP contribution in [0.3, 0.4) is 0 Å². The molecule has 3 fully saturated rings. The largest absolute Gasteiger partial charge is 0.354 e. The molecule has 1 aliphatic carbocycles. The number of benzene rings is 1. The molecule has 0 aromatic heterocycles. The molecule has 6 amide bonds. The number of carbonyl (C=O) groups is 5. The Hall–Kier alpha value is -3.14. The van der Waals surface area contributed by atoms with Gasteiger partial charge in [-0.1, -0.05) is 49.6 Å². The highest BCUT2D eigenvalue weighted by Gasteiger charge is 2.51. The molecule has 2 saturated heterocycles. The monoisotopic (exact) mass is 470 g/mol. The van der Waals surface area contributed by atoms with Gasteiger partial charge in [-0.15, -0.1) is 0 Å². The lowest BCUT2D eigenvalue weighted by atomic mass is 9.82. The lowest BCUT2D eigenvalue weighted by molar-refractivity contribution is -0.133. The smallest absolute Gasteiger partial charge is 0.325 e. The van der Waals surface area contributed by atoms with E-state index in [1.165, 1.54) is 0 Å². The number of thioether (sulfide) groups is 1. The van der Waals surface area contributed by atoms with Gasteiger partial charge < -0.3 is 10.6 Å². The van der Waals surface area contributed by atoms with Crippen molar-refractivity contribution in [2.45, 2.75) is 44.1 Å². The van der Waals surface area contributed by atoms with E-state index in [1.54, 1.807) is 6.08 Å². The van der Waals surface area contributed by atoms with Crippen molar-refractivity contribution in [1.82, 2.24) is 20.4 Å². The second kappa shape index (κ2) is 9.78. The summed E-state index contributed by atoms with van der Waals surface area (Å²) < 4.78 is 0. The van der Waals surface area contributed by atoms with Crippen molar-refractivity contribution < 1.29 is 24.0 Å². The number of nitrogens with one attached hydrogen (secondary N) is 2. The second-order valence-electron chi connectivity index (χ2n) is 8.37. The number of rotatable bonds is 7. The number of urea groups is 1. The summed E-state index contributed by atoms with van der Waals surface area (Å²) in [5, 5.41) is 5.10. The normalized spacial score (nSPS) is 21.3. The zero-order chi connectivity index (χ0) is 23.4. The average Bonchev–Trinajstić information content (AvgIpc) is 3.19. The lowest BCUT2D eigenvalue weighted by Crippen LogP contribution is -2.48. The van der Waals surface area contributed by atoms with E-state index in [4.69, 9.17) is 0 Å². The van der Waals surface area contributed by atoms with Gasteiger partial charge in [0.05, 0.1) is 4.91 Å². The topological polar surface area (TPSA) is 116 Å². The molecule has 10 heteroatoms. The fourth-order valence-corrected chi connectivity index (χ4v) is 5.24. The maximum absolute atomic E-state index is 12.7. The van der Waals surface area contributed by atoms with E-state index >= 15 is 0 Å². The number of imide groups is 2. The first-order valence-electron chi connectivity index (χ1n) is 11.1.